The van der Waals surface area contributed by atoms with Crippen molar-refractivity contribution in [2.24, 2.45) is 5.92 Å². The van der Waals surface area contributed by atoms with Crippen LogP contribution in [0.15, 0.2) is 16.6 Å². The summed E-state index contributed by atoms with van der Waals surface area (Å²) < 4.78 is 26.9. The molecule has 0 aliphatic heterocycles. The molecule has 0 N–H and O–H groups in total. The SMILES string of the molecule is O=C(CC1CCCC1)c1cc(F)c(Br)cc1F. The zero-order valence-corrected chi connectivity index (χ0v) is 10.9. The van der Waals surface area contributed by atoms with Crippen LogP contribution >= 0.6 is 15.9 Å². The molecule has 1 aliphatic rings. The number of halogens is 3. The zero-order chi connectivity index (χ0) is 12.4. The Morgan fingerprint density at radius 1 is 1.24 bits per heavy atom. The lowest BCUT2D eigenvalue weighted by molar-refractivity contribution is 0.0957. The van der Waals surface area contributed by atoms with Gasteiger partial charge in [-0.25, -0.2) is 8.78 Å². The van der Waals surface area contributed by atoms with E-state index in [1.165, 1.54) is 0 Å². The lowest BCUT2D eigenvalue weighted by Crippen LogP contribution is -2.08. The number of ketones is 1. The Labute approximate surface area is 107 Å². The van der Waals surface area contributed by atoms with E-state index in [9.17, 15) is 13.6 Å². The molecule has 0 spiro atoms. The second-order valence-corrected chi connectivity index (χ2v) is 5.38. The molecule has 0 saturated heterocycles. The third-order valence-corrected chi connectivity index (χ3v) is 3.87. The van der Waals surface area contributed by atoms with Crippen LogP contribution in [0.2, 0.25) is 0 Å². The maximum absolute atomic E-state index is 13.5. The highest BCUT2D eigenvalue weighted by Crippen LogP contribution is 2.29. The Balaban J connectivity index is 2.15. The normalized spacial score (nSPS) is 16.4. The molecule has 0 radical (unpaired) electrons. The molecule has 0 atom stereocenters. The molecule has 92 valence electrons. The fourth-order valence-corrected chi connectivity index (χ4v) is 2.64. The largest absolute Gasteiger partial charge is 0.294 e. The molecule has 17 heavy (non-hydrogen) atoms. The van der Waals surface area contributed by atoms with Crippen molar-refractivity contribution in [1.29, 1.82) is 0 Å². The van der Waals surface area contributed by atoms with Crippen molar-refractivity contribution < 1.29 is 13.6 Å². The summed E-state index contributed by atoms with van der Waals surface area (Å²) in [5.74, 6) is -1.20. The van der Waals surface area contributed by atoms with Crippen LogP contribution < -0.4 is 0 Å². The first-order valence-corrected chi connectivity index (χ1v) is 6.55. The number of carbonyl (C=O) groups is 1. The van der Waals surface area contributed by atoms with Gasteiger partial charge in [0.05, 0.1) is 10.0 Å². The predicted octanol–water partition coefficient (Wildman–Crippen LogP) is 4.49. The maximum Gasteiger partial charge on any atom is 0.166 e. The Bertz CT molecular complexity index is 439. The highest BCUT2D eigenvalue weighted by Gasteiger charge is 2.22. The van der Waals surface area contributed by atoms with Gasteiger partial charge in [0.15, 0.2) is 5.78 Å². The first kappa shape index (κ1) is 12.7. The molecule has 0 aromatic heterocycles. The predicted molar refractivity (Wildman–Crippen MR) is 65.0 cm³/mol. The summed E-state index contributed by atoms with van der Waals surface area (Å²) >= 11 is 2.89. The van der Waals surface area contributed by atoms with E-state index < -0.39 is 11.6 Å². The van der Waals surface area contributed by atoms with Crippen LogP contribution in [0.1, 0.15) is 42.5 Å². The molecule has 0 unspecified atom stereocenters. The molecule has 0 bridgehead atoms. The van der Waals surface area contributed by atoms with E-state index in [4.69, 9.17) is 0 Å². The van der Waals surface area contributed by atoms with Crippen LogP contribution in [0.25, 0.3) is 0 Å². The van der Waals surface area contributed by atoms with Gasteiger partial charge in [-0.15, -0.1) is 0 Å². The average Bonchev–Trinajstić information content (AvgIpc) is 2.76. The molecule has 1 aromatic rings. The fraction of sp³-hybridized carbons (Fsp3) is 0.462. The number of hydrogen-bond acceptors (Lipinski definition) is 1. The molecule has 4 heteroatoms. The number of rotatable bonds is 3. The van der Waals surface area contributed by atoms with Gasteiger partial charge in [-0.05, 0) is 34.0 Å². The van der Waals surface area contributed by atoms with Crippen molar-refractivity contribution in [2.45, 2.75) is 32.1 Å². The van der Waals surface area contributed by atoms with Crippen molar-refractivity contribution in [2.75, 3.05) is 0 Å². The second-order valence-electron chi connectivity index (χ2n) is 4.52. The highest BCUT2D eigenvalue weighted by molar-refractivity contribution is 9.10. The Morgan fingerprint density at radius 2 is 1.88 bits per heavy atom. The van der Waals surface area contributed by atoms with E-state index in [0.717, 1.165) is 37.8 Å². The number of carbonyl (C=O) groups excluding carboxylic acids is 1. The third kappa shape index (κ3) is 2.92. The van der Waals surface area contributed by atoms with Gasteiger partial charge >= 0.3 is 0 Å². The van der Waals surface area contributed by atoms with Crippen LogP contribution in [0, 0.1) is 17.6 Å². The van der Waals surface area contributed by atoms with Gasteiger partial charge in [0, 0.05) is 6.42 Å². The van der Waals surface area contributed by atoms with E-state index in [-0.39, 0.29) is 15.8 Å². The zero-order valence-electron chi connectivity index (χ0n) is 9.31. The minimum atomic E-state index is -0.652. The summed E-state index contributed by atoms with van der Waals surface area (Å²) in [7, 11) is 0. The minimum absolute atomic E-state index is 0.0485. The highest BCUT2D eigenvalue weighted by atomic mass is 79.9. The second kappa shape index (κ2) is 5.25. The van der Waals surface area contributed by atoms with Crippen molar-refractivity contribution in [3.8, 4) is 0 Å². The Kier molecular flexibility index (Phi) is 3.92. The van der Waals surface area contributed by atoms with E-state index in [2.05, 4.69) is 15.9 Å². The summed E-state index contributed by atoms with van der Waals surface area (Å²) in [4.78, 5) is 11.9. The van der Waals surface area contributed by atoms with Crippen molar-refractivity contribution in [1.82, 2.24) is 0 Å². The molecule has 1 aliphatic carbocycles. The molecule has 1 nitrogen and oxygen atoms in total. The van der Waals surface area contributed by atoms with Gasteiger partial charge < -0.3 is 0 Å². The van der Waals surface area contributed by atoms with E-state index in [0.29, 0.717) is 12.3 Å². The third-order valence-electron chi connectivity index (χ3n) is 3.26. The molecule has 1 saturated carbocycles. The maximum atomic E-state index is 13.5. The topological polar surface area (TPSA) is 17.1 Å². The van der Waals surface area contributed by atoms with Gasteiger partial charge in [0.25, 0.3) is 0 Å². The van der Waals surface area contributed by atoms with Crippen LogP contribution in [0.3, 0.4) is 0 Å². The van der Waals surface area contributed by atoms with Crippen molar-refractivity contribution in [3.05, 3.63) is 33.8 Å². The minimum Gasteiger partial charge on any atom is -0.294 e. The summed E-state index contributed by atoms with van der Waals surface area (Å²) in [6.45, 7) is 0. The standard InChI is InChI=1S/C13H13BrF2O/c14-10-7-11(15)9(6-12(10)16)13(17)5-8-3-1-2-4-8/h6-8H,1-5H2. The number of hydrogen-bond donors (Lipinski definition) is 0. The van der Waals surface area contributed by atoms with Crippen molar-refractivity contribution >= 4 is 21.7 Å². The Morgan fingerprint density at radius 3 is 2.53 bits per heavy atom. The molecule has 2 rings (SSSR count). The Hall–Kier alpha value is -0.770. The number of benzene rings is 1. The van der Waals surface area contributed by atoms with Crippen LogP contribution in [0.5, 0.6) is 0 Å². The molecular formula is C13H13BrF2O. The first-order valence-electron chi connectivity index (χ1n) is 5.75. The molecule has 1 aromatic carbocycles. The monoisotopic (exact) mass is 302 g/mol. The van der Waals surface area contributed by atoms with E-state index >= 15 is 0 Å². The molecule has 0 amide bonds. The van der Waals surface area contributed by atoms with E-state index in [1.807, 2.05) is 0 Å². The van der Waals surface area contributed by atoms with E-state index in [1.54, 1.807) is 0 Å². The van der Waals surface area contributed by atoms with Crippen molar-refractivity contribution in [3.63, 3.8) is 0 Å². The van der Waals surface area contributed by atoms with Gasteiger partial charge in [0.2, 0.25) is 0 Å². The fourth-order valence-electron chi connectivity index (χ4n) is 2.32. The van der Waals surface area contributed by atoms with Crippen LogP contribution in [0.4, 0.5) is 8.78 Å². The molecule has 1 fully saturated rings. The van der Waals surface area contributed by atoms with Gasteiger partial charge in [0.1, 0.15) is 11.6 Å². The molecule has 0 heterocycles. The van der Waals surface area contributed by atoms with Gasteiger partial charge in [-0.1, -0.05) is 25.7 Å². The lowest BCUT2D eigenvalue weighted by atomic mass is 9.97. The quantitative estimate of drug-likeness (QED) is 0.594. The lowest BCUT2D eigenvalue weighted by Gasteiger charge is -2.09. The average molecular weight is 303 g/mol. The smallest absolute Gasteiger partial charge is 0.166 e. The summed E-state index contributed by atoms with van der Waals surface area (Å²) in [6.07, 6.45) is 4.64. The first-order chi connectivity index (χ1) is 8.08. The summed E-state index contributed by atoms with van der Waals surface area (Å²) in [6, 6.07) is 1.99. The molecular weight excluding hydrogens is 290 g/mol. The van der Waals surface area contributed by atoms with Crippen LogP contribution in [-0.2, 0) is 0 Å². The number of Topliss-reactive ketones (excluding diaryl/α,β-unsaturated/α-hetero) is 1. The van der Waals surface area contributed by atoms with Gasteiger partial charge in [-0.2, -0.15) is 0 Å². The summed E-state index contributed by atoms with van der Waals surface area (Å²) in [5.41, 5.74) is -0.127. The van der Waals surface area contributed by atoms with Gasteiger partial charge in [-0.3, -0.25) is 4.79 Å². The van der Waals surface area contributed by atoms with Crippen LogP contribution in [-0.4, -0.2) is 5.78 Å². The summed E-state index contributed by atoms with van der Waals surface area (Å²) in [5, 5.41) is 0.